The van der Waals surface area contributed by atoms with Gasteiger partial charge in [0, 0.05) is 23.9 Å². The largest absolute Gasteiger partial charge is 0.321 e. The Labute approximate surface area is 127 Å². The number of thioether (sulfide) groups is 1. The first-order valence-corrected chi connectivity index (χ1v) is 7.86. The van der Waals surface area contributed by atoms with Gasteiger partial charge < -0.3 is 4.90 Å². The molecule has 1 saturated heterocycles. The van der Waals surface area contributed by atoms with Gasteiger partial charge >= 0.3 is 0 Å². The van der Waals surface area contributed by atoms with Gasteiger partial charge in [0.25, 0.3) is 0 Å². The summed E-state index contributed by atoms with van der Waals surface area (Å²) in [7, 11) is 0. The van der Waals surface area contributed by atoms with Crippen LogP contribution in [0.15, 0.2) is 48.7 Å². The fraction of sp³-hybridized carbons (Fsp3) is 0.250. The summed E-state index contributed by atoms with van der Waals surface area (Å²) >= 11 is 1.67. The first kappa shape index (κ1) is 14.1. The molecule has 2 heterocycles. The van der Waals surface area contributed by atoms with E-state index in [0.29, 0.717) is 12.0 Å². The molecule has 1 amide bonds. The molecule has 1 aromatic heterocycles. The van der Waals surface area contributed by atoms with Crippen molar-refractivity contribution in [3.8, 4) is 0 Å². The number of hydrogen-bond acceptors (Lipinski definition) is 3. The zero-order valence-electron chi connectivity index (χ0n) is 11.4. The molecule has 1 fully saturated rings. The van der Waals surface area contributed by atoms with Gasteiger partial charge in [0.15, 0.2) is 0 Å². The van der Waals surface area contributed by atoms with Crippen LogP contribution in [0.25, 0.3) is 0 Å². The second kappa shape index (κ2) is 6.26. The molecule has 0 bridgehead atoms. The molecule has 108 valence electrons. The Morgan fingerprint density at radius 1 is 1.24 bits per heavy atom. The van der Waals surface area contributed by atoms with E-state index in [-0.39, 0.29) is 23.6 Å². The van der Waals surface area contributed by atoms with Gasteiger partial charge in [-0.1, -0.05) is 24.3 Å². The Morgan fingerprint density at radius 2 is 2.05 bits per heavy atom. The van der Waals surface area contributed by atoms with Gasteiger partial charge in [-0.05, 0) is 18.2 Å². The molecule has 3 rings (SSSR count). The number of carbonyl (C=O) groups excluding carboxylic acids is 1. The second-order valence-electron chi connectivity index (χ2n) is 4.84. The van der Waals surface area contributed by atoms with Crippen molar-refractivity contribution in [1.29, 1.82) is 0 Å². The highest BCUT2D eigenvalue weighted by molar-refractivity contribution is 7.99. The molecule has 0 saturated carbocycles. The van der Waals surface area contributed by atoms with E-state index in [1.165, 1.54) is 6.07 Å². The Morgan fingerprint density at radius 3 is 2.81 bits per heavy atom. The topological polar surface area (TPSA) is 33.2 Å². The van der Waals surface area contributed by atoms with Crippen LogP contribution in [0, 0.1) is 5.82 Å². The van der Waals surface area contributed by atoms with E-state index in [9.17, 15) is 9.18 Å². The van der Waals surface area contributed by atoms with Crippen LogP contribution in [0.1, 0.15) is 23.1 Å². The highest BCUT2D eigenvalue weighted by Crippen LogP contribution is 2.37. The summed E-state index contributed by atoms with van der Waals surface area (Å²) in [6.45, 7) is 0.278. The number of halogens is 1. The molecule has 2 aromatic rings. The number of amides is 1. The Kier molecular flexibility index (Phi) is 4.20. The Balaban J connectivity index is 1.89. The molecule has 1 aliphatic heterocycles. The predicted octanol–water partition coefficient (Wildman–Crippen LogP) is 3.39. The minimum absolute atomic E-state index is 0.0488. The predicted molar refractivity (Wildman–Crippen MR) is 81.0 cm³/mol. The lowest BCUT2D eigenvalue weighted by Gasteiger charge is -2.34. The molecule has 1 atom stereocenters. The Hall–Kier alpha value is -1.88. The van der Waals surface area contributed by atoms with E-state index in [1.54, 1.807) is 41.1 Å². The lowest BCUT2D eigenvalue weighted by molar-refractivity contribution is -0.132. The van der Waals surface area contributed by atoms with Crippen LogP contribution in [0.2, 0.25) is 0 Å². The number of hydrogen-bond donors (Lipinski definition) is 0. The average Bonchev–Trinajstić information content (AvgIpc) is 2.52. The van der Waals surface area contributed by atoms with E-state index in [0.717, 1.165) is 11.4 Å². The minimum atomic E-state index is -0.277. The van der Waals surface area contributed by atoms with Crippen LogP contribution in [-0.2, 0) is 11.3 Å². The average molecular weight is 302 g/mol. The highest BCUT2D eigenvalue weighted by Gasteiger charge is 2.31. The second-order valence-corrected chi connectivity index (χ2v) is 6.03. The smallest absolute Gasteiger partial charge is 0.224 e. The minimum Gasteiger partial charge on any atom is -0.321 e. The molecule has 0 aliphatic carbocycles. The molecule has 0 N–H and O–H groups in total. The summed E-state index contributed by atoms with van der Waals surface area (Å²) < 4.78 is 13.8. The maximum atomic E-state index is 13.8. The van der Waals surface area contributed by atoms with Crippen molar-refractivity contribution in [3.05, 3.63) is 65.7 Å². The van der Waals surface area contributed by atoms with Crippen molar-refractivity contribution >= 4 is 17.7 Å². The SMILES string of the molecule is O=C1CCSC(c2ccccn2)N1Cc1ccccc1F. The number of nitrogens with zero attached hydrogens (tertiary/aromatic N) is 2. The van der Waals surface area contributed by atoms with Crippen molar-refractivity contribution in [2.75, 3.05) is 5.75 Å². The van der Waals surface area contributed by atoms with Gasteiger partial charge in [0.1, 0.15) is 11.2 Å². The first-order valence-electron chi connectivity index (χ1n) is 6.81. The van der Waals surface area contributed by atoms with E-state index < -0.39 is 0 Å². The molecular weight excluding hydrogens is 287 g/mol. The summed E-state index contributed by atoms with van der Waals surface area (Å²) in [4.78, 5) is 18.3. The quantitative estimate of drug-likeness (QED) is 0.871. The third kappa shape index (κ3) is 3.08. The lowest BCUT2D eigenvalue weighted by atomic mass is 10.2. The number of aromatic nitrogens is 1. The zero-order chi connectivity index (χ0) is 14.7. The highest BCUT2D eigenvalue weighted by atomic mass is 32.2. The van der Waals surface area contributed by atoms with E-state index >= 15 is 0 Å². The van der Waals surface area contributed by atoms with Gasteiger partial charge in [-0.25, -0.2) is 4.39 Å². The van der Waals surface area contributed by atoms with Crippen LogP contribution in [-0.4, -0.2) is 21.5 Å². The van der Waals surface area contributed by atoms with Crippen molar-refractivity contribution in [1.82, 2.24) is 9.88 Å². The molecule has 5 heteroatoms. The van der Waals surface area contributed by atoms with Crippen LogP contribution in [0.5, 0.6) is 0 Å². The van der Waals surface area contributed by atoms with Crippen LogP contribution >= 0.6 is 11.8 Å². The van der Waals surface area contributed by atoms with Crippen molar-refractivity contribution in [2.45, 2.75) is 18.3 Å². The summed E-state index contributed by atoms with van der Waals surface area (Å²) in [5.74, 6) is 0.543. The number of pyridine rings is 1. The maximum absolute atomic E-state index is 13.8. The number of benzene rings is 1. The third-order valence-corrected chi connectivity index (χ3v) is 4.69. The molecule has 1 unspecified atom stereocenters. The molecule has 1 aromatic carbocycles. The van der Waals surface area contributed by atoms with Crippen molar-refractivity contribution in [2.24, 2.45) is 0 Å². The molecule has 0 spiro atoms. The number of rotatable bonds is 3. The monoisotopic (exact) mass is 302 g/mol. The van der Waals surface area contributed by atoms with Crippen molar-refractivity contribution < 1.29 is 9.18 Å². The van der Waals surface area contributed by atoms with Crippen LogP contribution in [0.3, 0.4) is 0 Å². The fourth-order valence-electron chi connectivity index (χ4n) is 2.37. The van der Waals surface area contributed by atoms with Gasteiger partial charge in [-0.15, -0.1) is 11.8 Å². The maximum Gasteiger partial charge on any atom is 0.224 e. The third-order valence-electron chi connectivity index (χ3n) is 3.43. The molecule has 21 heavy (non-hydrogen) atoms. The zero-order valence-corrected chi connectivity index (χ0v) is 12.2. The first-order chi connectivity index (χ1) is 10.3. The van der Waals surface area contributed by atoms with E-state index in [1.807, 2.05) is 18.2 Å². The van der Waals surface area contributed by atoms with Crippen LogP contribution in [0.4, 0.5) is 4.39 Å². The van der Waals surface area contributed by atoms with Gasteiger partial charge in [0.05, 0.1) is 12.2 Å². The molecular formula is C16H15FN2OS. The standard InChI is InChI=1S/C16H15FN2OS/c17-13-6-2-1-5-12(13)11-19-15(20)8-10-21-16(19)14-7-3-4-9-18-14/h1-7,9,16H,8,10-11H2. The number of carbonyl (C=O) groups is 1. The van der Waals surface area contributed by atoms with Gasteiger partial charge in [-0.3, -0.25) is 9.78 Å². The summed E-state index contributed by atoms with van der Waals surface area (Å²) in [6.07, 6.45) is 2.21. The summed E-state index contributed by atoms with van der Waals surface area (Å²) in [6, 6.07) is 12.2. The van der Waals surface area contributed by atoms with Crippen molar-refractivity contribution in [3.63, 3.8) is 0 Å². The molecule has 0 radical (unpaired) electrons. The molecule has 3 nitrogen and oxygen atoms in total. The lowest BCUT2D eigenvalue weighted by Crippen LogP contribution is -2.37. The van der Waals surface area contributed by atoms with Gasteiger partial charge in [-0.2, -0.15) is 0 Å². The normalized spacial score (nSPS) is 18.8. The fourth-order valence-corrected chi connectivity index (χ4v) is 3.57. The van der Waals surface area contributed by atoms with Gasteiger partial charge in [0.2, 0.25) is 5.91 Å². The summed E-state index contributed by atoms with van der Waals surface area (Å²) in [5, 5.41) is -0.146. The molecule has 1 aliphatic rings. The summed E-state index contributed by atoms with van der Waals surface area (Å²) in [5.41, 5.74) is 1.38. The van der Waals surface area contributed by atoms with E-state index in [2.05, 4.69) is 4.98 Å². The van der Waals surface area contributed by atoms with Crippen LogP contribution < -0.4 is 0 Å². The Bertz CT molecular complexity index is 635. The van der Waals surface area contributed by atoms with E-state index in [4.69, 9.17) is 0 Å².